The van der Waals surface area contributed by atoms with E-state index in [1.54, 1.807) is 0 Å². The van der Waals surface area contributed by atoms with Gasteiger partial charge in [0, 0.05) is 0 Å². The molecule has 50 valence electrons. The lowest BCUT2D eigenvalue weighted by Gasteiger charge is -2.04. The Labute approximate surface area is 53.4 Å². The van der Waals surface area contributed by atoms with E-state index in [1.807, 2.05) is 12.2 Å². The number of amides is 1. The van der Waals surface area contributed by atoms with Gasteiger partial charge < -0.3 is 10.4 Å². The number of allylic oxidation sites excluding steroid dienone is 1. The third-order valence-corrected chi connectivity index (χ3v) is 1.32. The molecule has 0 heterocycles. The van der Waals surface area contributed by atoms with Crippen LogP contribution in [0.1, 0.15) is 12.8 Å². The summed E-state index contributed by atoms with van der Waals surface area (Å²) in [6, 6.07) is 0.0579. The maximum atomic E-state index is 10.0. The first kappa shape index (κ1) is 6.13. The fraction of sp³-hybridized carbons (Fsp3) is 0.500. The van der Waals surface area contributed by atoms with Gasteiger partial charge in [0.25, 0.3) is 0 Å². The van der Waals surface area contributed by atoms with Gasteiger partial charge in [0.05, 0.1) is 6.04 Å². The summed E-state index contributed by atoms with van der Waals surface area (Å²) in [4.78, 5) is 10.0. The average molecular weight is 127 g/mol. The van der Waals surface area contributed by atoms with Crippen molar-refractivity contribution in [3.05, 3.63) is 12.2 Å². The highest BCUT2D eigenvalue weighted by atomic mass is 16.4. The van der Waals surface area contributed by atoms with Gasteiger partial charge in [-0.3, -0.25) is 0 Å². The lowest BCUT2D eigenvalue weighted by Crippen LogP contribution is -2.30. The minimum Gasteiger partial charge on any atom is -0.465 e. The van der Waals surface area contributed by atoms with E-state index in [1.165, 1.54) is 0 Å². The number of rotatable bonds is 1. The van der Waals surface area contributed by atoms with Crippen LogP contribution in [0.5, 0.6) is 0 Å². The molecular formula is C6H9NO2. The molecule has 0 bridgehead atoms. The first-order valence-corrected chi connectivity index (χ1v) is 2.95. The van der Waals surface area contributed by atoms with E-state index in [2.05, 4.69) is 5.32 Å². The van der Waals surface area contributed by atoms with Gasteiger partial charge >= 0.3 is 6.09 Å². The fourth-order valence-electron chi connectivity index (χ4n) is 0.911. The van der Waals surface area contributed by atoms with E-state index in [0.717, 1.165) is 12.8 Å². The number of carboxylic acid groups (broad SMARTS) is 1. The van der Waals surface area contributed by atoms with E-state index >= 15 is 0 Å². The molecule has 1 amide bonds. The maximum absolute atomic E-state index is 10.0. The van der Waals surface area contributed by atoms with E-state index in [-0.39, 0.29) is 6.04 Å². The van der Waals surface area contributed by atoms with Crippen LogP contribution in [0.15, 0.2) is 12.2 Å². The average Bonchev–Trinajstić information content (AvgIpc) is 2.15. The van der Waals surface area contributed by atoms with E-state index in [0.29, 0.717) is 0 Å². The minimum absolute atomic E-state index is 0.0579. The summed E-state index contributed by atoms with van der Waals surface area (Å²) in [5.41, 5.74) is 0. The van der Waals surface area contributed by atoms with Gasteiger partial charge in [-0.1, -0.05) is 12.2 Å². The lowest BCUT2D eigenvalue weighted by atomic mass is 10.3. The van der Waals surface area contributed by atoms with Crippen LogP contribution in [0.2, 0.25) is 0 Å². The highest BCUT2D eigenvalue weighted by molar-refractivity contribution is 5.65. The van der Waals surface area contributed by atoms with Crippen LogP contribution in [-0.2, 0) is 0 Å². The number of carbonyl (C=O) groups is 1. The largest absolute Gasteiger partial charge is 0.465 e. The summed E-state index contributed by atoms with van der Waals surface area (Å²) in [5, 5.41) is 10.6. The summed E-state index contributed by atoms with van der Waals surface area (Å²) in [6.45, 7) is 0. The molecule has 0 fully saturated rings. The van der Waals surface area contributed by atoms with E-state index in [9.17, 15) is 4.79 Å². The standard InChI is InChI=1S/C6H9NO2/c8-6(9)7-5-3-1-2-4-5/h1,3,5,7H,2,4H2,(H,8,9). The zero-order valence-corrected chi connectivity index (χ0v) is 5.00. The van der Waals surface area contributed by atoms with E-state index in [4.69, 9.17) is 5.11 Å². The molecular weight excluding hydrogens is 118 g/mol. The summed E-state index contributed by atoms with van der Waals surface area (Å²) in [5.74, 6) is 0. The molecule has 1 atom stereocenters. The number of nitrogens with one attached hydrogen (secondary N) is 1. The second-order valence-electron chi connectivity index (χ2n) is 2.06. The molecule has 1 aliphatic carbocycles. The van der Waals surface area contributed by atoms with Crippen LogP contribution in [0.25, 0.3) is 0 Å². The quantitative estimate of drug-likeness (QED) is 0.516. The Kier molecular flexibility index (Phi) is 1.72. The van der Waals surface area contributed by atoms with Gasteiger partial charge in [-0.2, -0.15) is 0 Å². The van der Waals surface area contributed by atoms with Gasteiger partial charge in [0.15, 0.2) is 0 Å². The fourth-order valence-corrected chi connectivity index (χ4v) is 0.911. The van der Waals surface area contributed by atoms with Crippen molar-refractivity contribution in [3.8, 4) is 0 Å². The molecule has 9 heavy (non-hydrogen) atoms. The summed E-state index contributed by atoms with van der Waals surface area (Å²) in [7, 11) is 0. The second-order valence-corrected chi connectivity index (χ2v) is 2.06. The van der Waals surface area contributed by atoms with Crippen LogP contribution in [0.4, 0.5) is 4.79 Å². The SMILES string of the molecule is O=C(O)NC1C=CCC1. The van der Waals surface area contributed by atoms with Crippen LogP contribution in [-0.4, -0.2) is 17.2 Å². The molecule has 3 heteroatoms. The maximum Gasteiger partial charge on any atom is 0.405 e. The topological polar surface area (TPSA) is 49.3 Å². The number of hydrogen-bond acceptors (Lipinski definition) is 1. The molecule has 0 aromatic heterocycles. The first-order valence-electron chi connectivity index (χ1n) is 2.95. The molecule has 0 aromatic rings. The molecule has 0 aromatic carbocycles. The van der Waals surface area contributed by atoms with Gasteiger partial charge in [0.2, 0.25) is 0 Å². The monoisotopic (exact) mass is 127 g/mol. The van der Waals surface area contributed by atoms with Gasteiger partial charge in [-0.05, 0) is 12.8 Å². The molecule has 1 unspecified atom stereocenters. The Balaban J connectivity index is 2.28. The molecule has 3 nitrogen and oxygen atoms in total. The van der Waals surface area contributed by atoms with Crippen molar-refractivity contribution in [1.29, 1.82) is 0 Å². The van der Waals surface area contributed by atoms with Crippen molar-refractivity contribution < 1.29 is 9.90 Å². The molecule has 2 N–H and O–H groups in total. The molecule has 1 rings (SSSR count). The second kappa shape index (κ2) is 2.53. The highest BCUT2D eigenvalue weighted by Gasteiger charge is 2.09. The lowest BCUT2D eigenvalue weighted by molar-refractivity contribution is 0.192. The van der Waals surface area contributed by atoms with Crippen molar-refractivity contribution >= 4 is 6.09 Å². The van der Waals surface area contributed by atoms with Gasteiger partial charge in [-0.15, -0.1) is 0 Å². The Hall–Kier alpha value is -0.990. The molecule has 1 aliphatic rings. The molecule has 0 radical (unpaired) electrons. The Morgan fingerprint density at radius 2 is 2.56 bits per heavy atom. The zero-order valence-electron chi connectivity index (χ0n) is 5.00. The van der Waals surface area contributed by atoms with Crippen LogP contribution < -0.4 is 5.32 Å². The third kappa shape index (κ3) is 1.76. The van der Waals surface area contributed by atoms with Gasteiger partial charge in [-0.25, -0.2) is 4.79 Å². The third-order valence-electron chi connectivity index (χ3n) is 1.32. The summed E-state index contributed by atoms with van der Waals surface area (Å²) >= 11 is 0. The Bertz CT molecular complexity index is 142. The minimum atomic E-state index is -0.938. The van der Waals surface area contributed by atoms with Crippen molar-refractivity contribution in [1.82, 2.24) is 5.32 Å². The van der Waals surface area contributed by atoms with E-state index < -0.39 is 6.09 Å². The van der Waals surface area contributed by atoms with Crippen molar-refractivity contribution in [2.75, 3.05) is 0 Å². The van der Waals surface area contributed by atoms with Gasteiger partial charge in [0.1, 0.15) is 0 Å². The smallest absolute Gasteiger partial charge is 0.405 e. The molecule has 0 spiro atoms. The molecule has 0 saturated carbocycles. The Morgan fingerprint density at radius 3 is 3.00 bits per heavy atom. The normalized spacial score (nSPS) is 24.2. The van der Waals surface area contributed by atoms with Crippen molar-refractivity contribution in [2.45, 2.75) is 18.9 Å². The highest BCUT2D eigenvalue weighted by Crippen LogP contribution is 2.07. The van der Waals surface area contributed by atoms with Crippen LogP contribution in [0.3, 0.4) is 0 Å². The predicted molar refractivity (Wildman–Crippen MR) is 33.3 cm³/mol. The van der Waals surface area contributed by atoms with Crippen molar-refractivity contribution in [3.63, 3.8) is 0 Å². The van der Waals surface area contributed by atoms with Crippen LogP contribution in [0, 0.1) is 0 Å². The van der Waals surface area contributed by atoms with Crippen molar-refractivity contribution in [2.24, 2.45) is 0 Å². The summed E-state index contributed by atoms with van der Waals surface area (Å²) in [6.07, 6.45) is 4.83. The molecule has 0 aliphatic heterocycles. The summed E-state index contributed by atoms with van der Waals surface area (Å²) < 4.78 is 0. The number of hydrogen-bond donors (Lipinski definition) is 2. The molecule has 0 saturated heterocycles. The Morgan fingerprint density at radius 1 is 1.78 bits per heavy atom. The predicted octanol–water partition coefficient (Wildman–Crippen LogP) is 0.973. The first-order chi connectivity index (χ1) is 4.29. The van der Waals surface area contributed by atoms with Crippen LogP contribution >= 0.6 is 0 Å². The zero-order chi connectivity index (χ0) is 6.69.